The van der Waals surface area contributed by atoms with Crippen molar-refractivity contribution >= 4 is 17.5 Å². The molecule has 0 aliphatic rings. The van der Waals surface area contributed by atoms with Crippen LogP contribution in [0, 0.1) is 5.82 Å². The monoisotopic (exact) mass is 357 g/mol. The minimum absolute atomic E-state index is 0.0371. The number of Topliss-reactive ketones (excluding diaryl/α,β-unsaturated/α-hetero) is 1. The van der Waals surface area contributed by atoms with Crippen molar-refractivity contribution < 1.29 is 13.9 Å². The summed E-state index contributed by atoms with van der Waals surface area (Å²) in [6.45, 7) is 1.79. The van der Waals surface area contributed by atoms with E-state index in [1.165, 1.54) is 17.8 Å². The zero-order valence-electron chi connectivity index (χ0n) is 13.7. The predicted octanol–water partition coefficient (Wildman–Crippen LogP) is 3.98. The molecule has 3 aromatic rings. The number of thioether (sulfide) groups is 1. The van der Waals surface area contributed by atoms with Crippen LogP contribution >= 0.6 is 11.8 Å². The van der Waals surface area contributed by atoms with Crippen LogP contribution in [-0.4, -0.2) is 33.3 Å². The summed E-state index contributed by atoms with van der Waals surface area (Å²) in [5, 5.41) is 6.80. The minimum Gasteiger partial charge on any atom is -0.497 e. The van der Waals surface area contributed by atoms with Crippen LogP contribution in [-0.2, 0) is 0 Å². The SMILES string of the molecule is COc1ccc(C(=O)[C@H](C)Sc2n[nH]c(-c3ccccc3F)n2)cc1. The van der Waals surface area contributed by atoms with Crippen LogP contribution in [0.3, 0.4) is 0 Å². The molecular weight excluding hydrogens is 341 g/mol. The van der Waals surface area contributed by atoms with Crippen LogP contribution in [0.5, 0.6) is 5.75 Å². The number of methoxy groups -OCH3 is 1. The van der Waals surface area contributed by atoms with E-state index >= 15 is 0 Å². The molecule has 0 aliphatic carbocycles. The third-order valence-corrected chi connectivity index (χ3v) is 4.58. The van der Waals surface area contributed by atoms with Gasteiger partial charge in [-0.2, -0.15) is 0 Å². The molecule has 0 saturated heterocycles. The van der Waals surface area contributed by atoms with Crippen molar-refractivity contribution in [2.45, 2.75) is 17.3 Å². The van der Waals surface area contributed by atoms with Gasteiger partial charge < -0.3 is 4.74 Å². The van der Waals surface area contributed by atoms with Gasteiger partial charge in [-0.15, -0.1) is 5.10 Å². The molecule has 3 rings (SSSR count). The van der Waals surface area contributed by atoms with E-state index in [4.69, 9.17) is 4.74 Å². The summed E-state index contributed by atoms with van der Waals surface area (Å²) in [5.41, 5.74) is 0.932. The summed E-state index contributed by atoms with van der Waals surface area (Å²) in [6, 6.07) is 13.3. The van der Waals surface area contributed by atoms with E-state index in [9.17, 15) is 9.18 Å². The highest BCUT2D eigenvalue weighted by atomic mass is 32.2. The highest BCUT2D eigenvalue weighted by Gasteiger charge is 2.19. The Morgan fingerprint density at radius 3 is 2.60 bits per heavy atom. The molecule has 0 aliphatic heterocycles. The second-order valence-electron chi connectivity index (χ2n) is 5.30. The van der Waals surface area contributed by atoms with Gasteiger partial charge in [-0.05, 0) is 43.3 Å². The quantitative estimate of drug-likeness (QED) is 0.534. The van der Waals surface area contributed by atoms with Gasteiger partial charge >= 0.3 is 0 Å². The summed E-state index contributed by atoms with van der Waals surface area (Å²) < 4.78 is 18.9. The van der Waals surface area contributed by atoms with E-state index in [1.807, 2.05) is 0 Å². The van der Waals surface area contributed by atoms with Gasteiger partial charge in [0.05, 0.1) is 17.9 Å². The molecule has 0 radical (unpaired) electrons. The summed E-state index contributed by atoms with van der Waals surface area (Å²) in [6.07, 6.45) is 0. The first kappa shape index (κ1) is 17.2. The standard InChI is InChI=1S/C18H16FN3O2S/c1-11(16(23)12-7-9-13(24-2)10-8-12)25-18-20-17(21-22-18)14-5-3-4-6-15(14)19/h3-11H,1-2H3,(H,20,21,22)/t11-/m0/s1. The molecular formula is C18H16FN3O2S. The number of ketones is 1. The van der Waals surface area contributed by atoms with E-state index in [0.717, 1.165) is 0 Å². The van der Waals surface area contributed by atoms with Gasteiger partial charge in [-0.1, -0.05) is 23.9 Å². The smallest absolute Gasteiger partial charge is 0.209 e. The largest absolute Gasteiger partial charge is 0.497 e. The minimum atomic E-state index is -0.377. The maximum Gasteiger partial charge on any atom is 0.209 e. The average molecular weight is 357 g/mol. The fraction of sp³-hybridized carbons (Fsp3) is 0.167. The lowest BCUT2D eigenvalue weighted by molar-refractivity contribution is 0.0994. The molecule has 0 fully saturated rings. The predicted molar refractivity (Wildman–Crippen MR) is 94.4 cm³/mol. The first-order chi connectivity index (χ1) is 12.1. The van der Waals surface area contributed by atoms with Crippen LogP contribution in [0.2, 0.25) is 0 Å². The summed E-state index contributed by atoms with van der Waals surface area (Å²) in [5.74, 6) is 0.618. The molecule has 1 aromatic heterocycles. The molecule has 0 bridgehead atoms. The van der Waals surface area contributed by atoms with Gasteiger partial charge in [-0.25, -0.2) is 9.37 Å². The summed E-state index contributed by atoms with van der Waals surface area (Å²) >= 11 is 1.22. The first-order valence-corrected chi connectivity index (χ1v) is 8.48. The van der Waals surface area contributed by atoms with Crippen LogP contribution in [0.1, 0.15) is 17.3 Å². The highest BCUT2D eigenvalue weighted by molar-refractivity contribution is 8.00. The number of carbonyl (C=O) groups excluding carboxylic acids is 1. The number of nitrogens with zero attached hydrogens (tertiary/aromatic N) is 2. The second-order valence-corrected chi connectivity index (χ2v) is 6.61. The third kappa shape index (κ3) is 3.88. The molecule has 1 heterocycles. The van der Waals surface area contributed by atoms with Crippen molar-refractivity contribution in [1.29, 1.82) is 0 Å². The summed E-state index contributed by atoms with van der Waals surface area (Å²) in [4.78, 5) is 16.8. The normalized spacial score (nSPS) is 12.0. The molecule has 1 atom stereocenters. The van der Waals surface area contributed by atoms with Crippen molar-refractivity contribution in [2.24, 2.45) is 0 Å². The number of ether oxygens (including phenoxy) is 1. The fourth-order valence-corrected chi connectivity index (χ4v) is 3.08. The van der Waals surface area contributed by atoms with Gasteiger partial charge in [-0.3, -0.25) is 9.89 Å². The van der Waals surface area contributed by atoms with Crippen LogP contribution < -0.4 is 4.74 Å². The Labute approximate surface area is 148 Å². The molecule has 0 amide bonds. The number of carbonyl (C=O) groups is 1. The molecule has 25 heavy (non-hydrogen) atoms. The molecule has 1 N–H and O–H groups in total. The molecule has 0 saturated carbocycles. The highest BCUT2D eigenvalue weighted by Crippen LogP contribution is 2.26. The van der Waals surface area contributed by atoms with Crippen molar-refractivity contribution in [1.82, 2.24) is 15.2 Å². The number of H-pyrrole nitrogens is 1. The maximum atomic E-state index is 13.8. The van der Waals surface area contributed by atoms with Gasteiger partial charge in [0.25, 0.3) is 0 Å². The van der Waals surface area contributed by atoms with Crippen molar-refractivity contribution in [3.05, 3.63) is 59.9 Å². The number of hydrogen-bond donors (Lipinski definition) is 1. The maximum absolute atomic E-state index is 13.8. The molecule has 7 heteroatoms. The zero-order valence-corrected chi connectivity index (χ0v) is 14.5. The zero-order chi connectivity index (χ0) is 17.8. The molecule has 5 nitrogen and oxygen atoms in total. The lowest BCUT2D eigenvalue weighted by atomic mass is 10.1. The Morgan fingerprint density at radius 1 is 1.20 bits per heavy atom. The number of nitrogens with one attached hydrogen (secondary N) is 1. The number of rotatable bonds is 6. The van der Waals surface area contributed by atoms with Gasteiger partial charge in [0.1, 0.15) is 11.6 Å². The number of hydrogen-bond acceptors (Lipinski definition) is 5. The first-order valence-electron chi connectivity index (χ1n) is 7.60. The van der Waals surface area contributed by atoms with Gasteiger partial charge in [0.2, 0.25) is 5.16 Å². The number of aromatic nitrogens is 3. The number of benzene rings is 2. The van der Waals surface area contributed by atoms with Crippen LogP contribution in [0.25, 0.3) is 11.4 Å². The number of aromatic amines is 1. The second kappa shape index (κ2) is 7.48. The summed E-state index contributed by atoms with van der Waals surface area (Å²) in [7, 11) is 1.58. The molecule has 2 aromatic carbocycles. The Hall–Kier alpha value is -2.67. The third-order valence-electron chi connectivity index (χ3n) is 3.62. The van der Waals surface area contributed by atoms with E-state index in [-0.39, 0.29) is 16.9 Å². The fourth-order valence-electron chi connectivity index (χ4n) is 2.27. The average Bonchev–Trinajstić information content (AvgIpc) is 3.09. The van der Waals surface area contributed by atoms with Crippen LogP contribution in [0.15, 0.2) is 53.7 Å². The van der Waals surface area contributed by atoms with Gasteiger partial charge in [0.15, 0.2) is 11.6 Å². The van der Waals surface area contributed by atoms with Crippen molar-refractivity contribution in [3.8, 4) is 17.1 Å². The lowest BCUT2D eigenvalue weighted by Crippen LogP contribution is -2.13. The van der Waals surface area contributed by atoms with Crippen LogP contribution in [0.4, 0.5) is 4.39 Å². The topological polar surface area (TPSA) is 67.9 Å². The van der Waals surface area contributed by atoms with Crippen molar-refractivity contribution in [2.75, 3.05) is 7.11 Å². The molecule has 128 valence electrons. The Kier molecular flexibility index (Phi) is 5.14. The Balaban J connectivity index is 1.71. The Morgan fingerprint density at radius 2 is 1.92 bits per heavy atom. The number of halogens is 1. The van der Waals surface area contributed by atoms with E-state index in [2.05, 4.69) is 15.2 Å². The van der Waals surface area contributed by atoms with E-state index in [0.29, 0.717) is 27.9 Å². The molecule has 0 spiro atoms. The lowest BCUT2D eigenvalue weighted by Gasteiger charge is -2.08. The Bertz CT molecular complexity index is 880. The van der Waals surface area contributed by atoms with Gasteiger partial charge in [0, 0.05) is 5.56 Å². The molecule has 0 unspecified atom stereocenters. The van der Waals surface area contributed by atoms with E-state index in [1.54, 1.807) is 56.5 Å². The van der Waals surface area contributed by atoms with Crippen molar-refractivity contribution in [3.63, 3.8) is 0 Å². The van der Waals surface area contributed by atoms with E-state index < -0.39 is 0 Å².